The van der Waals surface area contributed by atoms with E-state index < -0.39 is 33.4 Å². The van der Waals surface area contributed by atoms with Gasteiger partial charge in [-0.15, -0.1) is 0 Å². The number of nitrogens with one attached hydrogen (secondary N) is 1. The number of nitro benzene ring substituents is 1. The number of sulfonamides is 1. The molecule has 2 atom stereocenters. The molecule has 37 heavy (non-hydrogen) atoms. The number of carbonyl (C=O) groups is 2. The summed E-state index contributed by atoms with van der Waals surface area (Å²) in [7, 11) is -3.99. The van der Waals surface area contributed by atoms with Crippen LogP contribution in [0.3, 0.4) is 0 Å². The van der Waals surface area contributed by atoms with E-state index in [0.29, 0.717) is 24.8 Å². The Morgan fingerprint density at radius 1 is 1.08 bits per heavy atom. The van der Waals surface area contributed by atoms with Gasteiger partial charge in [0.2, 0.25) is 21.8 Å². The summed E-state index contributed by atoms with van der Waals surface area (Å²) < 4.78 is 26.4. The summed E-state index contributed by atoms with van der Waals surface area (Å²) in [4.78, 5) is 38.9. The molecule has 10 nitrogen and oxygen atoms in total. The molecule has 202 valence electrons. The van der Waals surface area contributed by atoms with Crippen molar-refractivity contribution < 1.29 is 22.9 Å². The van der Waals surface area contributed by atoms with Gasteiger partial charge in [0.1, 0.15) is 12.6 Å². The van der Waals surface area contributed by atoms with Gasteiger partial charge in [-0.05, 0) is 44.2 Å². The number of aryl methyl sites for hydroxylation is 1. The third kappa shape index (κ3) is 8.28. The molecule has 0 bridgehead atoms. The summed E-state index contributed by atoms with van der Waals surface area (Å²) in [6.45, 7) is 6.82. The van der Waals surface area contributed by atoms with Gasteiger partial charge in [-0.3, -0.25) is 24.0 Å². The number of nitro groups is 1. The maximum atomic E-state index is 13.7. The lowest BCUT2D eigenvalue weighted by Gasteiger charge is -2.33. The van der Waals surface area contributed by atoms with Gasteiger partial charge in [0.15, 0.2) is 0 Å². The van der Waals surface area contributed by atoms with Gasteiger partial charge >= 0.3 is 0 Å². The number of hydrogen-bond donors (Lipinski definition) is 1. The average Bonchev–Trinajstić information content (AvgIpc) is 2.85. The van der Waals surface area contributed by atoms with Crippen LogP contribution in [0.5, 0.6) is 0 Å². The molecule has 1 N–H and O–H groups in total. The number of hydrogen-bond acceptors (Lipinski definition) is 6. The second-order valence-corrected chi connectivity index (χ2v) is 11.0. The molecule has 2 rings (SSSR count). The number of non-ortho nitro benzene ring substituents is 1. The molecule has 0 radical (unpaired) electrons. The van der Waals surface area contributed by atoms with Gasteiger partial charge in [0.05, 0.1) is 16.9 Å². The van der Waals surface area contributed by atoms with E-state index in [1.165, 1.54) is 17.0 Å². The summed E-state index contributed by atoms with van der Waals surface area (Å²) in [5.74, 6) is -0.880. The molecule has 0 aliphatic heterocycles. The Kier molecular flexibility index (Phi) is 10.6. The molecule has 0 heterocycles. The van der Waals surface area contributed by atoms with E-state index in [-0.39, 0.29) is 29.9 Å². The maximum absolute atomic E-state index is 13.7. The summed E-state index contributed by atoms with van der Waals surface area (Å²) in [6.07, 6.45) is 2.46. The molecule has 2 amide bonds. The Bertz CT molecular complexity index is 1200. The van der Waals surface area contributed by atoms with Gasteiger partial charge in [-0.2, -0.15) is 0 Å². The molecule has 0 saturated heterocycles. The topological polar surface area (TPSA) is 130 Å². The Balaban J connectivity index is 2.45. The molecule has 0 saturated carbocycles. The lowest BCUT2D eigenvalue weighted by Crippen LogP contribution is -2.54. The van der Waals surface area contributed by atoms with Crippen LogP contribution in [0.2, 0.25) is 0 Å². The van der Waals surface area contributed by atoms with Crippen molar-refractivity contribution in [3.8, 4) is 0 Å². The summed E-state index contributed by atoms with van der Waals surface area (Å²) >= 11 is 0. The van der Waals surface area contributed by atoms with Crippen molar-refractivity contribution in [2.45, 2.75) is 59.0 Å². The van der Waals surface area contributed by atoms with Crippen LogP contribution in [0.25, 0.3) is 0 Å². The predicted molar refractivity (Wildman–Crippen MR) is 144 cm³/mol. The van der Waals surface area contributed by atoms with Crippen molar-refractivity contribution >= 4 is 33.2 Å². The fourth-order valence-electron chi connectivity index (χ4n) is 3.91. The van der Waals surface area contributed by atoms with Crippen LogP contribution in [0.4, 0.5) is 11.4 Å². The Morgan fingerprint density at radius 3 is 2.27 bits per heavy atom. The zero-order valence-electron chi connectivity index (χ0n) is 22.0. The minimum absolute atomic E-state index is 0.0464. The van der Waals surface area contributed by atoms with E-state index in [9.17, 15) is 28.1 Å². The standard InChI is InChI=1S/C26H36N4O6S/c1-6-20(4)27-26(32)23(7-2)28(16-15-21-11-9-8-10-12-21)25(31)18-29(37(5,35)36)24-17-22(30(33)34)14-13-19(24)3/h8-14,17,20,23H,6-7,15-16,18H2,1-5H3,(H,27,32)/t20-,23-/m0/s1. The predicted octanol–water partition coefficient (Wildman–Crippen LogP) is 3.43. The van der Waals surface area contributed by atoms with Gasteiger partial charge in [0.25, 0.3) is 5.69 Å². The highest BCUT2D eigenvalue weighted by Gasteiger charge is 2.32. The normalized spacial score (nSPS) is 12.9. The monoisotopic (exact) mass is 532 g/mol. The van der Waals surface area contributed by atoms with E-state index in [1.807, 2.05) is 44.2 Å². The average molecular weight is 533 g/mol. The summed E-state index contributed by atoms with van der Waals surface area (Å²) in [5, 5.41) is 14.2. The van der Waals surface area contributed by atoms with Crippen LogP contribution in [0, 0.1) is 17.0 Å². The highest BCUT2D eigenvalue weighted by Crippen LogP contribution is 2.28. The van der Waals surface area contributed by atoms with Crippen LogP contribution in [0.1, 0.15) is 44.7 Å². The quantitative estimate of drug-likeness (QED) is 0.311. The Hall–Kier alpha value is -3.47. The first-order valence-electron chi connectivity index (χ1n) is 12.3. The van der Waals surface area contributed by atoms with Crippen molar-refractivity contribution in [1.82, 2.24) is 10.2 Å². The largest absolute Gasteiger partial charge is 0.352 e. The minimum Gasteiger partial charge on any atom is -0.352 e. The highest BCUT2D eigenvalue weighted by atomic mass is 32.2. The van der Waals surface area contributed by atoms with Crippen molar-refractivity contribution in [2.24, 2.45) is 0 Å². The second-order valence-electron chi connectivity index (χ2n) is 9.06. The third-order valence-electron chi connectivity index (χ3n) is 6.22. The number of anilines is 1. The summed E-state index contributed by atoms with van der Waals surface area (Å²) in [5.41, 5.74) is 1.18. The van der Waals surface area contributed by atoms with Crippen molar-refractivity contribution in [1.29, 1.82) is 0 Å². The number of nitrogens with zero attached hydrogens (tertiary/aromatic N) is 3. The molecule has 0 unspecified atom stereocenters. The third-order valence-corrected chi connectivity index (χ3v) is 7.35. The van der Waals surface area contributed by atoms with E-state index in [1.54, 1.807) is 13.8 Å². The van der Waals surface area contributed by atoms with Gasteiger partial charge in [0, 0.05) is 24.7 Å². The molecule has 0 aliphatic rings. The zero-order chi connectivity index (χ0) is 27.8. The summed E-state index contributed by atoms with van der Waals surface area (Å²) in [6, 6.07) is 12.4. The first-order valence-corrected chi connectivity index (χ1v) is 14.1. The van der Waals surface area contributed by atoms with Crippen LogP contribution >= 0.6 is 0 Å². The van der Waals surface area contributed by atoms with Crippen molar-refractivity contribution in [2.75, 3.05) is 23.7 Å². The van der Waals surface area contributed by atoms with Crippen LogP contribution in [-0.2, 0) is 26.0 Å². The van der Waals surface area contributed by atoms with Gasteiger partial charge in [-0.25, -0.2) is 8.42 Å². The molecule has 0 spiro atoms. The van der Waals surface area contributed by atoms with Crippen LogP contribution in [0.15, 0.2) is 48.5 Å². The van der Waals surface area contributed by atoms with Crippen LogP contribution < -0.4 is 9.62 Å². The molecular formula is C26H36N4O6S. The molecular weight excluding hydrogens is 496 g/mol. The van der Waals surface area contributed by atoms with E-state index in [0.717, 1.165) is 22.2 Å². The van der Waals surface area contributed by atoms with Crippen molar-refractivity contribution in [3.05, 3.63) is 69.8 Å². The lowest BCUT2D eigenvalue weighted by atomic mass is 10.1. The van der Waals surface area contributed by atoms with Crippen molar-refractivity contribution in [3.63, 3.8) is 0 Å². The van der Waals surface area contributed by atoms with Gasteiger partial charge in [-0.1, -0.05) is 50.2 Å². The second kappa shape index (κ2) is 13.2. The number of rotatable bonds is 13. The molecule has 2 aromatic carbocycles. The minimum atomic E-state index is -3.99. The first-order chi connectivity index (χ1) is 17.4. The number of amides is 2. The van der Waals surface area contributed by atoms with Crippen LogP contribution in [-0.4, -0.2) is 61.5 Å². The molecule has 0 aliphatic carbocycles. The first kappa shape index (κ1) is 29.8. The Labute approximate surface area is 218 Å². The lowest BCUT2D eigenvalue weighted by molar-refractivity contribution is -0.384. The number of benzene rings is 2. The Morgan fingerprint density at radius 2 is 1.73 bits per heavy atom. The SMILES string of the molecule is CC[C@H](C)NC(=O)[C@H](CC)N(CCc1ccccc1)C(=O)CN(c1cc([N+](=O)[O-])ccc1C)S(C)(=O)=O. The highest BCUT2D eigenvalue weighted by molar-refractivity contribution is 7.92. The molecule has 11 heteroatoms. The fourth-order valence-corrected chi connectivity index (χ4v) is 4.81. The molecule has 2 aromatic rings. The molecule has 0 aromatic heterocycles. The van der Waals surface area contributed by atoms with E-state index >= 15 is 0 Å². The molecule has 0 fully saturated rings. The van der Waals surface area contributed by atoms with Gasteiger partial charge < -0.3 is 10.2 Å². The van der Waals surface area contributed by atoms with E-state index in [2.05, 4.69) is 5.32 Å². The zero-order valence-corrected chi connectivity index (χ0v) is 22.8. The number of carbonyl (C=O) groups excluding carboxylic acids is 2. The van der Waals surface area contributed by atoms with E-state index in [4.69, 9.17) is 0 Å². The fraction of sp³-hybridized carbons (Fsp3) is 0.462. The maximum Gasteiger partial charge on any atom is 0.271 e. The smallest absolute Gasteiger partial charge is 0.271 e.